The summed E-state index contributed by atoms with van der Waals surface area (Å²) in [5.41, 5.74) is 6.01. The molecule has 0 bridgehead atoms. The summed E-state index contributed by atoms with van der Waals surface area (Å²) in [5, 5.41) is -0.476. The zero-order chi connectivity index (χ0) is 14.8. The van der Waals surface area contributed by atoms with E-state index in [2.05, 4.69) is 20.8 Å². The van der Waals surface area contributed by atoms with E-state index in [1.165, 1.54) is 0 Å². The lowest BCUT2D eigenvalue weighted by molar-refractivity contribution is 0.154. The SMILES string of the molecule is CCC(C)S(=O)(=O)C1CC(C(C)(C)C)CCC1CN. The Bertz CT molecular complexity index is 383. The van der Waals surface area contributed by atoms with Gasteiger partial charge in [-0.2, -0.15) is 0 Å². The second-order valence-electron chi connectivity index (χ2n) is 7.22. The van der Waals surface area contributed by atoms with Crippen molar-refractivity contribution in [1.82, 2.24) is 0 Å². The van der Waals surface area contributed by atoms with Gasteiger partial charge in [0, 0.05) is 0 Å². The zero-order valence-corrected chi connectivity index (χ0v) is 14.0. The summed E-state index contributed by atoms with van der Waals surface area (Å²) in [6.45, 7) is 10.9. The summed E-state index contributed by atoms with van der Waals surface area (Å²) in [5.74, 6) is 0.636. The van der Waals surface area contributed by atoms with Crippen molar-refractivity contribution in [2.24, 2.45) is 23.0 Å². The highest BCUT2D eigenvalue weighted by atomic mass is 32.2. The standard InChI is InChI=1S/C15H31NO2S/c1-6-11(2)19(17,18)14-9-13(15(3,4)5)8-7-12(14)10-16/h11-14H,6-10,16H2,1-5H3. The summed E-state index contributed by atoms with van der Waals surface area (Å²) in [6.07, 6.45) is 3.55. The number of hydrogen-bond donors (Lipinski definition) is 1. The van der Waals surface area contributed by atoms with E-state index in [0.717, 1.165) is 19.3 Å². The molecule has 0 spiro atoms. The molecule has 0 heterocycles. The third-order valence-electron chi connectivity index (χ3n) is 5.01. The van der Waals surface area contributed by atoms with Gasteiger partial charge < -0.3 is 5.73 Å². The Labute approximate surface area is 119 Å². The lowest BCUT2D eigenvalue weighted by Gasteiger charge is -2.42. The van der Waals surface area contributed by atoms with Gasteiger partial charge in [-0.3, -0.25) is 0 Å². The van der Waals surface area contributed by atoms with Crippen LogP contribution in [0, 0.1) is 17.3 Å². The maximum Gasteiger partial charge on any atom is 0.156 e. The maximum atomic E-state index is 12.7. The second-order valence-corrected chi connectivity index (χ2v) is 9.81. The molecule has 1 aliphatic rings. The van der Waals surface area contributed by atoms with Crippen LogP contribution in [0.2, 0.25) is 0 Å². The van der Waals surface area contributed by atoms with Crippen LogP contribution in [0.25, 0.3) is 0 Å². The van der Waals surface area contributed by atoms with Gasteiger partial charge in [0.15, 0.2) is 9.84 Å². The first-order valence-electron chi connectivity index (χ1n) is 7.57. The number of rotatable bonds is 4. The first kappa shape index (κ1) is 17.0. The molecule has 4 atom stereocenters. The van der Waals surface area contributed by atoms with E-state index in [0.29, 0.717) is 18.9 Å². The van der Waals surface area contributed by atoms with Gasteiger partial charge in [-0.25, -0.2) is 8.42 Å². The number of sulfone groups is 1. The fourth-order valence-corrected chi connectivity index (χ4v) is 5.53. The van der Waals surface area contributed by atoms with Crippen LogP contribution in [0.1, 0.15) is 60.3 Å². The summed E-state index contributed by atoms with van der Waals surface area (Å²) in [7, 11) is -3.05. The maximum absolute atomic E-state index is 12.7. The third kappa shape index (κ3) is 3.72. The van der Waals surface area contributed by atoms with Crippen LogP contribution in [0.4, 0.5) is 0 Å². The largest absolute Gasteiger partial charge is 0.330 e. The quantitative estimate of drug-likeness (QED) is 0.865. The Hall–Kier alpha value is -0.0900. The molecule has 1 saturated carbocycles. The molecule has 2 N–H and O–H groups in total. The van der Waals surface area contributed by atoms with E-state index in [4.69, 9.17) is 5.73 Å². The van der Waals surface area contributed by atoms with Crippen LogP contribution in [-0.4, -0.2) is 25.5 Å². The average molecular weight is 289 g/mol. The molecule has 19 heavy (non-hydrogen) atoms. The molecular formula is C15H31NO2S. The van der Waals surface area contributed by atoms with Crippen LogP contribution >= 0.6 is 0 Å². The van der Waals surface area contributed by atoms with Crippen LogP contribution in [0.3, 0.4) is 0 Å². The molecule has 4 unspecified atom stereocenters. The van der Waals surface area contributed by atoms with Crippen molar-refractivity contribution in [2.75, 3.05) is 6.54 Å². The highest BCUT2D eigenvalue weighted by Gasteiger charge is 2.42. The van der Waals surface area contributed by atoms with Crippen molar-refractivity contribution >= 4 is 9.84 Å². The van der Waals surface area contributed by atoms with Crippen LogP contribution in [0.15, 0.2) is 0 Å². The predicted octanol–water partition coefficient (Wildman–Crippen LogP) is 2.99. The minimum Gasteiger partial charge on any atom is -0.330 e. The zero-order valence-electron chi connectivity index (χ0n) is 13.1. The fourth-order valence-electron chi connectivity index (χ4n) is 3.18. The topological polar surface area (TPSA) is 60.2 Å². The highest BCUT2D eigenvalue weighted by Crippen LogP contribution is 2.42. The molecular weight excluding hydrogens is 258 g/mol. The Balaban J connectivity index is 2.99. The molecule has 3 nitrogen and oxygen atoms in total. The van der Waals surface area contributed by atoms with Crippen molar-refractivity contribution in [3.63, 3.8) is 0 Å². The predicted molar refractivity (Wildman–Crippen MR) is 81.8 cm³/mol. The van der Waals surface area contributed by atoms with Gasteiger partial charge in [0.1, 0.15) is 0 Å². The van der Waals surface area contributed by atoms with Gasteiger partial charge in [-0.15, -0.1) is 0 Å². The van der Waals surface area contributed by atoms with E-state index in [1.54, 1.807) is 0 Å². The van der Waals surface area contributed by atoms with Crippen LogP contribution in [0.5, 0.6) is 0 Å². The number of nitrogens with two attached hydrogens (primary N) is 1. The molecule has 4 heteroatoms. The molecule has 0 aromatic carbocycles. The smallest absolute Gasteiger partial charge is 0.156 e. The number of hydrogen-bond acceptors (Lipinski definition) is 3. The van der Waals surface area contributed by atoms with Gasteiger partial charge in [0.2, 0.25) is 0 Å². The average Bonchev–Trinajstić information content (AvgIpc) is 2.35. The molecule has 0 aromatic rings. The molecule has 114 valence electrons. The molecule has 1 rings (SSSR count). The van der Waals surface area contributed by atoms with E-state index >= 15 is 0 Å². The normalized spacial score (nSPS) is 31.2. The lowest BCUT2D eigenvalue weighted by Crippen LogP contribution is -2.45. The minimum absolute atomic E-state index is 0.151. The van der Waals surface area contributed by atoms with Gasteiger partial charge in [0.05, 0.1) is 10.5 Å². The van der Waals surface area contributed by atoms with Crippen molar-refractivity contribution in [3.8, 4) is 0 Å². The summed E-state index contributed by atoms with van der Waals surface area (Å²) in [4.78, 5) is 0. The summed E-state index contributed by atoms with van der Waals surface area (Å²) in [6, 6.07) is 0. The van der Waals surface area contributed by atoms with E-state index in [1.807, 2.05) is 13.8 Å². The first-order valence-corrected chi connectivity index (χ1v) is 9.18. The Morgan fingerprint density at radius 3 is 2.26 bits per heavy atom. The van der Waals surface area contributed by atoms with Crippen molar-refractivity contribution in [1.29, 1.82) is 0 Å². The molecule has 1 fully saturated rings. The Kier molecular flexibility index (Phi) is 5.47. The molecule has 1 aliphatic carbocycles. The van der Waals surface area contributed by atoms with Crippen molar-refractivity contribution in [3.05, 3.63) is 0 Å². The van der Waals surface area contributed by atoms with Crippen molar-refractivity contribution in [2.45, 2.75) is 70.8 Å². The molecule has 0 radical (unpaired) electrons. The lowest BCUT2D eigenvalue weighted by atomic mass is 9.69. The summed E-state index contributed by atoms with van der Waals surface area (Å²) < 4.78 is 25.4. The van der Waals surface area contributed by atoms with E-state index < -0.39 is 9.84 Å². The van der Waals surface area contributed by atoms with Crippen LogP contribution in [-0.2, 0) is 9.84 Å². The monoisotopic (exact) mass is 289 g/mol. The fraction of sp³-hybridized carbons (Fsp3) is 1.00. The van der Waals surface area contributed by atoms with E-state index in [-0.39, 0.29) is 21.8 Å². The Morgan fingerprint density at radius 2 is 1.84 bits per heavy atom. The minimum atomic E-state index is -3.05. The van der Waals surface area contributed by atoms with Crippen LogP contribution < -0.4 is 5.73 Å². The van der Waals surface area contributed by atoms with E-state index in [9.17, 15) is 8.42 Å². The van der Waals surface area contributed by atoms with Gasteiger partial charge in [-0.1, -0.05) is 27.7 Å². The van der Waals surface area contributed by atoms with Gasteiger partial charge in [-0.05, 0) is 56.4 Å². The van der Waals surface area contributed by atoms with Gasteiger partial charge in [0.25, 0.3) is 0 Å². The highest BCUT2D eigenvalue weighted by molar-refractivity contribution is 7.92. The first-order chi connectivity index (χ1) is 8.64. The summed E-state index contributed by atoms with van der Waals surface area (Å²) >= 11 is 0. The molecule has 0 amide bonds. The van der Waals surface area contributed by atoms with Gasteiger partial charge >= 0.3 is 0 Å². The Morgan fingerprint density at radius 1 is 1.26 bits per heavy atom. The second kappa shape index (κ2) is 6.13. The molecule has 0 aliphatic heterocycles. The molecule has 0 aromatic heterocycles. The van der Waals surface area contributed by atoms with Crippen molar-refractivity contribution < 1.29 is 8.42 Å². The third-order valence-corrected chi connectivity index (χ3v) is 7.89. The molecule has 0 saturated heterocycles.